The van der Waals surface area contributed by atoms with Gasteiger partial charge in [0, 0.05) is 10.7 Å². The fourth-order valence-corrected chi connectivity index (χ4v) is 4.21. The van der Waals surface area contributed by atoms with Crippen LogP contribution in [0.1, 0.15) is 5.56 Å². The normalized spacial score (nSPS) is 12.4. The summed E-state index contributed by atoms with van der Waals surface area (Å²) in [7, 11) is -4.00. The van der Waals surface area contributed by atoms with Gasteiger partial charge in [-0.05, 0) is 54.4 Å². The molecule has 0 heterocycles. The van der Waals surface area contributed by atoms with E-state index in [4.69, 9.17) is 23.2 Å². The maximum atomic E-state index is 13.4. The van der Waals surface area contributed by atoms with Gasteiger partial charge in [0.05, 0.1) is 9.92 Å². The zero-order valence-corrected chi connectivity index (χ0v) is 17.8. The number of sulfonamides is 1. The third-order valence-electron chi connectivity index (χ3n) is 4.21. The average Bonchev–Trinajstić information content (AvgIpc) is 2.71. The molecular formula is C21H17Cl2FN2O3S. The lowest BCUT2D eigenvalue weighted by atomic mass is 10.1. The van der Waals surface area contributed by atoms with Crippen LogP contribution in [0, 0.1) is 5.82 Å². The van der Waals surface area contributed by atoms with Gasteiger partial charge in [-0.15, -0.1) is 0 Å². The Kier molecular flexibility index (Phi) is 7.10. The van der Waals surface area contributed by atoms with Crippen molar-refractivity contribution in [1.82, 2.24) is 4.72 Å². The van der Waals surface area contributed by atoms with Gasteiger partial charge in [0.2, 0.25) is 15.9 Å². The summed E-state index contributed by atoms with van der Waals surface area (Å²) in [5.74, 6) is -1.24. The number of halogens is 3. The zero-order valence-electron chi connectivity index (χ0n) is 15.5. The van der Waals surface area contributed by atoms with E-state index in [0.717, 1.165) is 11.6 Å². The van der Waals surface area contributed by atoms with E-state index in [1.165, 1.54) is 36.4 Å². The van der Waals surface area contributed by atoms with E-state index in [1.807, 2.05) is 6.07 Å². The highest BCUT2D eigenvalue weighted by molar-refractivity contribution is 7.89. The van der Waals surface area contributed by atoms with E-state index < -0.39 is 27.8 Å². The van der Waals surface area contributed by atoms with Crippen LogP contribution in [0.25, 0.3) is 0 Å². The summed E-state index contributed by atoms with van der Waals surface area (Å²) < 4.78 is 41.4. The van der Waals surface area contributed by atoms with Gasteiger partial charge in [-0.2, -0.15) is 4.72 Å². The highest BCUT2D eigenvalue weighted by Gasteiger charge is 2.26. The number of hydrogen-bond donors (Lipinski definition) is 2. The van der Waals surface area contributed by atoms with Crippen molar-refractivity contribution in [3.05, 3.63) is 94.2 Å². The van der Waals surface area contributed by atoms with Crippen molar-refractivity contribution in [2.45, 2.75) is 17.4 Å². The predicted octanol–water partition coefficient (Wildman–Crippen LogP) is 4.66. The third-order valence-corrected chi connectivity index (χ3v) is 6.24. The van der Waals surface area contributed by atoms with Gasteiger partial charge in [-0.25, -0.2) is 12.8 Å². The lowest BCUT2D eigenvalue weighted by molar-refractivity contribution is -0.117. The maximum Gasteiger partial charge on any atom is 0.242 e. The van der Waals surface area contributed by atoms with Crippen LogP contribution in [-0.2, 0) is 21.2 Å². The Balaban J connectivity index is 1.86. The van der Waals surface area contributed by atoms with E-state index in [-0.39, 0.29) is 22.0 Å². The van der Waals surface area contributed by atoms with Crippen LogP contribution < -0.4 is 10.0 Å². The Labute approximate surface area is 183 Å². The highest BCUT2D eigenvalue weighted by atomic mass is 35.5. The van der Waals surface area contributed by atoms with E-state index in [0.29, 0.717) is 5.02 Å². The molecule has 3 rings (SSSR count). The van der Waals surface area contributed by atoms with Gasteiger partial charge in [-0.1, -0.05) is 53.5 Å². The molecule has 3 aromatic carbocycles. The Bertz CT molecular complexity index is 1140. The number of nitrogens with one attached hydrogen (secondary N) is 2. The van der Waals surface area contributed by atoms with Crippen LogP contribution >= 0.6 is 23.2 Å². The van der Waals surface area contributed by atoms with Gasteiger partial charge < -0.3 is 5.32 Å². The first-order chi connectivity index (χ1) is 14.2. The smallest absolute Gasteiger partial charge is 0.242 e. The lowest BCUT2D eigenvalue weighted by Gasteiger charge is -2.19. The lowest BCUT2D eigenvalue weighted by Crippen LogP contribution is -2.45. The molecule has 0 unspecified atom stereocenters. The van der Waals surface area contributed by atoms with Crippen LogP contribution in [-0.4, -0.2) is 20.4 Å². The molecule has 0 saturated carbocycles. The average molecular weight is 467 g/mol. The minimum atomic E-state index is -4.00. The molecule has 156 valence electrons. The second-order valence-corrected chi connectivity index (χ2v) is 8.99. The number of carbonyl (C=O) groups is 1. The summed E-state index contributed by atoms with van der Waals surface area (Å²) in [5.41, 5.74) is 1.00. The minimum absolute atomic E-state index is 0.0254. The largest absolute Gasteiger partial charge is 0.325 e. The maximum absolute atomic E-state index is 13.4. The topological polar surface area (TPSA) is 75.3 Å². The van der Waals surface area contributed by atoms with E-state index in [9.17, 15) is 17.6 Å². The number of hydrogen-bond acceptors (Lipinski definition) is 3. The quantitative estimate of drug-likeness (QED) is 0.531. The van der Waals surface area contributed by atoms with Crippen LogP contribution in [0.4, 0.5) is 10.1 Å². The van der Waals surface area contributed by atoms with E-state index in [2.05, 4.69) is 10.0 Å². The molecule has 30 heavy (non-hydrogen) atoms. The van der Waals surface area contributed by atoms with Gasteiger partial charge in [-0.3, -0.25) is 4.79 Å². The molecule has 3 aromatic rings. The van der Waals surface area contributed by atoms with Crippen molar-refractivity contribution >= 4 is 44.8 Å². The molecule has 0 aliphatic heterocycles. The second-order valence-electron chi connectivity index (χ2n) is 6.44. The number of anilines is 1. The molecule has 0 aliphatic rings. The summed E-state index contributed by atoms with van der Waals surface area (Å²) >= 11 is 11.6. The van der Waals surface area contributed by atoms with Crippen molar-refractivity contribution in [1.29, 1.82) is 0 Å². The summed E-state index contributed by atoms with van der Waals surface area (Å²) in [5, 5.41) is 2.81. The summed E-state index contributed by atoms with van der Waals surface area (Å²) in [6.07, 6.45) is 0.106. The fraction of sp³-hybridized carbons (Fsp3) is 0.0952. The first-order valence-corrected chi connectivity index (χ1v) is 11.1. The van der Waals surface area contributed by atoms with Crippen molar-refractivity contribution in [2.75, 3.05) is 5.32 Å². The molecule has 1 amide bonds. The predicted molar refractivity (Wildman–Crippen MR) is 116 cm³/mol. The Morgan fingerprint density at radius 3 is 2.27 bits per heavy atom. The van der Waals surface area contributed by atoms with Gasteiger partial charge >= 0.3 is 0 Å². The van der Waals surface area contributed by atoms with Crippen molar-refractivity contribution in [3.8, 4) is 0 Å². The molecule has 0 bridgehead atoms. The summed E-state index contributed by atoms with van der Waals surface area (Å²) in [6, 6.07) is 17.1. The summed E-state index contributed by atoms with van der Waals surface area (Å²) in [4.78, 5) is 12.9. The van der Waals surface area contributed by atoms with Crippen molar-refractivity contribution in [2.24, 2.45) is 0 Å². The molecule has 9 heteroatoms. The van der Waals surface area contributed by atoms with Crippen LogP contribution in [0.2, 0.25) is 10.0 Å². The minimum Gasteiger partial charge on any atom is -0.325 e. The van der Waals surface area contributed by atoms with Crippen LogP contribution in [0.5, 0.6) is 0 Å². The molecule has 2 N–H and O–H groups in total. The van der Waals surface area contributed by atoms with Gasteiger partial charge in [0.25, 0.3) is 0 Å². The van der Waals surface area contributed by atoms with Crippen molar-refractivity contribution in [3.63, 3.8) is 0 Å². The van der Waals surface area contributed by atoms with Gasteiger partial charge in [0.1, 0.15) is 11.9 Å². The monoisotopic (exact) mass is 466 g/mol. The van der Waals surface area contributed by atoms with Crippen LogP contribution in [0.3, 0.4) is 0 Å². The fourth-order valence-electron chi connectivity index (χ4n) is 2.71. The Hall–Kier alpha value is -2.45. The molecular weight excluding hydrogens is 450 g/mol. The number of rotatable bonds is 7. The molecule has 1 atom stereocenters. The number of benzene rings is 3. The zero-order chi connectivity index (χ0) is 21.7. The van der Waals surface area contributed by atoms with E-state index >= 15 is 0 Å². The summed E-state index contributed by atoms with van der Waals surface area (Å²) in [6.45, 7) is 0. The molecule has 0 spiro atoms. The Morgan fingerprint density at radius 1 is 0.967 bits per heavy atom. The molecule has 0 radical (unpaired) electrons. The highest BCUT2D eigenvalue weighted by Crippen LogP contribution is 2.20. The first kappa shape index (κ1) is 22.2. The van der Waals surface area contributed by atoms with Crippen LogP contribution in [0.15, 0.2) is 77.7 Å². The first-order valence-electron chi connectivity index (χ1n) is 8.82. The SMILES string of the molecule is O=C(Nc1ccc(F)c(Cl)c1)[C@H](Cc1ccccc1)NS(=O)(=O)c1ccc(Cl)cc1. The molecule has 5 nitrogen and oxygen atoms in total. The van der Waals surface area contributed by atoms with E-state index in [1.54, 1.807) is 24.3 Å². The molecule has 0 fully saturated rings. The Morgan fingerprint density at radius 2 is 1.63 bits per heavy atom. The van der Waals surface area contributed by atoms with Gasteiger partial charge in [0.15, 0.2) is 0 Å². The third kappa shape index (κ3) is 5.79. The second kappa shape index (κ2) is 9.57. The molecule has 0 aliphatic carbocycles. The standard InChI is InChI=1S/C21H17Cl2FN2O3S/c22-15-6-9-17(10-7-15)30(28,29)26-20(12-14-4-2-1-3-5-14)21(27)25-16-8-11-19(24)18(23)13-16/h1-11,13,20,26H,12H2,(H,25,27)/t20-/m0/s1. The molecule has 0 aromatic heterocycles. The van der Waals surface area contributed by atoms with Crippen molar-refractivity contribution < 1.29 is 17.6 Å². The number of amides is 1. The number of carbonyl (C=O) groups excluding carboxylic acids is 1. The molecule has 0 saturated heterocycles.